The van der Waals surface area contributed by atoms with Crippen LogP contribution in [0.25, 0.3) is 27.8 Å². The third kappa shape index (κ3) is 3.87. The third-order valence-corrected chi connectivity index (χ3v) is 5.69. The molecule has 0 saturated carbocycles. The van der Waals surface area contributed by atoms with Gasteiger partial charge in [-0.2, -0.15) is 14.8 Å². The van der Waals surface area contributed by atoms with E-state index < -0.39 is 5.97 Å². The maximum atomic E-state index is 12.7. The van der Waals surface area contributed by atoms with Crippen LogP contribution in [-0.2, 0) is 4.74 Å². The van der Waals surface area contributed by atoms with Gasteiger partial charge in [0.15, 0.2) is 17.2 Å². The molecule has 0 saturated heterocycles. The van der Waals surface area contributed by atoms with E-state index in [1.54, 1.807) is 11.6 Å². The molecule has 0 radical (unpaired) electrons. The van der Waals surface area contributed by atoms with Gasteiger partial charge in [-0.15, -0.1) is 0 Å². The Labute approximate surface area is 196 Å². The molecule has 2 aromatic carbocycles. The number of nitrogens with zero attached hydrogens (tertiary/aromatic N) is 4. The number of aromatic nitrogens is 4. The van der Waals surface area contributed by atoms with Gasteiger partial charge < -0.3 is 9.15 Å². The molecule has 0 spiro atoms. The van der Waals surface area contributed by atoms with Gasteiger partial charge in [0.1, 0.15) is 11.1 Å². The van der Waals surface area contributed by atoms with E-state index in [1.165, 1.54) is 11.8 Å². The summed E-state index contributed by atoms with van der Waals surface area (Å²) >= 11 is 0. The minimum absolute atomic E-state index is 0.248. The first-order chi connectivity index (χ1) is 16.4. The number of carbonyl (C=O) groups is 1. The summed E-state index contributed by atoms with van der Waals surface area (Å²) in [7, 11) is 0. The van der Waals surface area contributed by atoms with E-state index in [2.05, 4.69) is 29.2 Å². The van der Waals surface area contributed by atoms with Crippen LogP contribution in [0, 0.1) is 6.92 Å². The molecule has 0 fully saturated rings. The Bertz CT molecular complexity index is 1520. The first-order valence-electron chi connectivity index (χ1n) is 11.2. The third-order valence-electron chi connectivity index (χ3n) is 5.69. The van der Waals surface area contributed by atoms with E-state index in [1.807, 2.05) is 55.5 Å². The molecule has 0 unspecified atom stereocenters. The fourth-order valence-electron chi connectivity index (χ4n) is 3.90. The fraction of sp³-hybridized carbons (Fsp3) is 0.231. The zero-order chi connectivity index (χ0) is 23.8. The Morgan fingerprint density at radius 1 is 1.12 bits per heavy atom. The number of nitrogens with one attached hydrogen (secondary N) is 1. The number of oxazole rings is 1. The largest absolute Gasteiger partial charge is 0.462 e. The van der Waals surface area contributed by atoms with Crippen LogP contribution in [-0.4, -0.2) is 32.3 Å². The molecule has 34 heavy (non-hydrogen) atoms. The number of anilines is 2. The van der Waals surface area contributed by atoms with Crippen molar-refractivity contribution in [3.05, 3.63) is 71.4 Å². The number of ether oxygens (including phenoxy) is 1. The van der Waals surface area contributed by atoms with Crippen LogP contribution in [0.5, 0.6) is 0 Å². The van der Waals surface area contributed by atoms with Crippen molar-refractivity contribution in [3.63, 3.8) is 0 Å². The van der Waals surface area contributed by atoms with Crippen molar-refractivity contribution >= 4 is 39.8 Å². The van der Waals surface area contributed by atoms with Crippen molar-refractivity contribution in [1.82, 2.24) is 19.7 Å². The average molecular weight is 456 g/mol. The lowest BCUT2D eigenvalue weighted by atomic mass is 10.0. The second-order valence-corrected chi connectivity index (χ2v) is 8.38. The molecule has 172 valence electrons. The highest BCUT2D eigenvalue weighted by Gasteiger charge is 2.23. The number of hydrogen-bond donors (Lipinski definition) is 1. The van der Waals surface area contributed by atoms with E-state index in [4.69, 9.17) is 14.1 Å². The molecule has 0 aliphatic rings. The van der Waals surface area contributed by atoms with Crippen LogP contribution < -0.4 is 5.32 Å². The van der Waals surface area contributed by atoms with E-state index in [0.717, 1.165) is 22.0 Å². The van der Waals surface area contributed by atoms with Gasteiger partial charge in [0.05, 0.1) is 18.3 Å². The van der Waals surface area contributed by atoms with Gasteiger partial charge in [-0.05, 0) is 55.2 Å². The van der Waals surface area contributed by atoms with Gasteiger partial charge in [-0.3, -0.25) is 5.32 Å². The number of hydrogen-bond acceptors (Lipinski definition) is 7. The maximum Gasteiger partial charge on any atom is 0.343 e. The SMILES string of the molecule is CCOC(=O)c1cnn(-c2cc(C)c3ccccc3n2)c1Nc1nc2cc(C(C)C)ccc2o1. The van der Waals surface area contributed by atoms with E-state index in [0.29, 0.717) is 23.1 Å². The smallest absolute Gasteiger partial charge is 0.343 e. The summed E-state index contributed by atoms with van der Waals surface area (Å²) in [5.74, 6) is 0.812. The molecule has 1 N–H and O–H groups in total. The number of fused-ring (bicyclic) bond motifs is 2. The predicted octanol–water partition coefficient (Wildman–Crippen LogP) is 5.91. The molecule has 0 aliphatic heterocycles. The van der Waals surface area contributed by atoms with Crippen LogP contribution in [0.15, 0.2) is 59.1 Å². The molecule has 8 heteroatoms. The van der Waals surface area contributed by atoms with Gasteiger partial charge in [0, 0.05) is 5.39 Å². The number of para-hydroxylation sites is 1. The van der Waals surface area contributed by atoms with Gasteiger partial charge >= 0.3 is 12.0 Å². The minimum Gasteiger partial charge on any atom is -0.462 e. The van der Waals surface area contributed by atoms with Crippen LogP contribution in [0.4, 0.5) is 11.8 Å². The van der Waals surface area contributed by atoms with Crippen LogP contribution in [0.3, 0.4) is 0 Å². The summed E-state index contributed by atoms with van der Waals surface area (Å²) < 4.78 is 12.7. The van der Waals surface area contributed by atoms with Gasteiger partial charge in [0.2, 0.25) is 0 Å². The van der Waals surface area contributed by atoms with Crippen molar-refractivity contribution in [2.45, 2.75) is 33.6 Å². The summed E-state index contributed by atoms with van der Waals surface area (Å²) in [6.07, 6.45) is 1.46. The van der Waals surface area contributed by atoms with Crippen LogP contribution in [0.1, 0.15) is 48.2 Å². The normalized spacial score (nSPS) is 11.4. The molecular formula is C26H25N5O3. The lowest BCUT2D eigenvalue weighted by molar-refractivity contribution is 0.0527. The monoisotopic (exact) mass is 455 g/mol. The summed E-state index contributed by atoms with van der Waals surface area (Å²) in [4.78, 5) is 22.0. The Morgan fingerprint density at radius 3 is 2.74 bits per heavy atom. The summed E-state index contributed by atoms with van der Waals surface area (Å²) in [5, 5.41) is 8.65. The van der Waals surface area contributed by atoms with E-state index in [-0.39, 0.29) is 18.2 Å². The fourth-order valence-corrected chi connectivity index (χ4v) is 3.90. The molecule has 8 nitrogen and oxygen atoms in total. The van der Waals surface area contributed by atoms with Gasteiger partial charge in [-0.25, -0.2) is 9.78 Å². The molecule has 0 amide bonds. The zero-order valence-electron chi connectivity index (χ0n) is 19.5. The van der Waals surface area contributed by atoms with Gasteiger partial charge in [0.25, 0.3) is 0 Å². The topological polar surface area (TPSA) is 95.1 Å². The molecular weight excluding hydrogens is 430 g/mol. The molecule has 0 aliphatic carbocycles. The molecule has 3 aromatic heterocycles. The lowest BCUT2D eigenvalue weighted by Gasteiger charge is -2.11. The van der Waals surface area contributed by atoms with Gasteiger partial charge in [-0.1, -0.05) is 38.1 Å². The molecule has 3 heterocycles. The minimum atomic E-state index is -0.494. The number of rotatable bonds is 6. The van der Waals surface area contributed by atoms with Crippen molar-refractivity contribution in [2.24, 2.45) is 0 Å². The molecule has 0 bridgehead atoms. The van der Waals surface area contributed by atoms with E-state index in [9.17, 15) is 4.79 Å². The lowest BCUT2D eigenvalue weighted by Crippen LogP contribution is -2.10. The number of pyridine rings is 1. The molecule has 0 atom stereocenters. The second kappa shape index (κ2) is 8.62. The Morgan fingerprint density at radius 2 is 1.94 bits per heavy atom. The first kappa shape index (κ1) is 21.6. The number of aryl methyl sites for hydroxylation is 1. The van der Waals surface area contributed by atoms with Crippen molar-refractivity contribution in [1.29, 1.82) is 0 Å². The predicted molar refractivity (Wildman–Crippen MR) is 131 cm³/mol. The number of esters is 1. The highest BCUT2D eigenvalue weighted by molar-refractivity contribution is 5.95. The Balaban J connectivity index is 1.61. The van der Waals surface area contributed by atoms with Crippen molar-refractivity contribution in [2.75, 3.05) is 11.9 Å². The van der Waals surface area contributed by atoms with Crippen molar-refractivity contribution in [3.8, 4) is 5.82 Å². The van der Waals surface area contributed by atoms with E-state index >= 15 is 0 Å². The van der Waals surface area contributed by atoms with Crippen molar-refractivity contribution < 1.29 is 13.9 Å². The summed E-state index contributed by atoms with van der Waals surface area (Å²) in [6, 6.07) is 16.0. The standard InChI is InChI=1S/C26H25N5O3/c1-5-33-25(32)19-14-27-31(23-12-16(4)18-8-6-7-9-20(18)28-23)24(19)30-26-29-21-13-17(15(2)3)10-11-22(21)34-26/h6-15H,5H2,1-4H3,(H,29,30). The Hall–Kier alpha value is -4.20. The summed E-state index contributed by atoms with van der Waals surface area (Å²) in [5.41, 5.74) is 4.69. The Kier molecular flexibility index (Phi) is 5.49. The van der Waals surface area contributed by atoms with Crippen LogP contribution in [0.2, 0.25) is 0 Å². The maximum absolute atomic E-state index is 12.7. The number of carbonyl (C=O) groups excluding carboxylic acids is 1. The number of benzene rings is 2. The zero-order valence-corrected chi connectivity index (χ0v) is 19.5. The average Bonchev–Trinajstić information content (AvgIpc) is 3.42. The molecule has 5 rings (SSSR count). The second-order valence-electron chi connectivity index (χ2n) is 8.38. The highest BCUT2D eigenvalue weighted by Crippen LogP contribution is 2.29. The quantitative estimate of drug-likeness (QED) is 0.318. The highest BCUT2D eigenvalue weighted by atomic mass is 16.5. The molecule has 5 aromatic rings. The first-order valence-corrected chi connectivity index (χ1v) is 11.2. The summed E-state index contributed by atoms with van der Waals surface area (Å²) in [6.45, 7) is 8.28. The van der Waals surface area contributed by atoms with Crippen LogP contribution >= 0.6 is 0 Å².